The second-order valence-corrected chi connectivity index (χ2v) is 5.80. The predicted molar refractivity (Wildman–Crippen MR) is 87.2 cm³/mol. The molecule has 0 bridgehead atoms. The predicted octanol–water partition coefficient (Wildman–Crippen LogP) is 3.29. The molecular weight excluding hydrogens is 290 g/mol. The molecule has 2 unspecified atom stereocenters. The van der Waals surface area contributed by atoms with Crippen LogP contribution in [0.15, 0.2) is 54.6 Å². The second kappa shape index (κ2) is 6.24. The normalized spacial score (nSPS) is 20.2. The molecule has 1 N–H and O–H groups in total. The fourth-order valence-corrected chi connectivity index (χ4v) is 3.38. The maximum atomic E-state index is 12.9. The van der Waals surface area contributed by atoms with Gasteiger partial charge in [-0.1, -0.05) is 55.5 Å². The number of aliphatic carboxylic acids is 1. The van der Waals surface area contributed by atoms with Crippen LogP contribution in [0, 0.1) is 0 Å². The number of carbonyl (C=O) groups is 2. The first-order chi connectivity index (χ1) is 11.1. The number of carbonyl (C=O) groups excluding carboxylic acids is 1. The average Bonchev–Trinajstić information content (AvgIpc) is 2.57. The summed E-state index contributed by atoms with van der Waals surface area (Å²) in [4.78, 5) is 26.4. The van der Waals surface area contributed by atoms with Crippen LogP contribution in [0.2, 0.25) is 0 Å². The molecule has 2 atom stereocenters. The fraction of sp³-hybridized carbons (Fsp3) is 0.263. The average molecular weight is 309 g/mol. The first kappa shape index (κ1) is 15.3. The molecule has 2 aromatic carbocycles. The van der Waals surface area contributed by atoms with Gasteiger partial charge in [0.05, 0.1) is 0 Å². The molecule has 1 aliphatic rings. The number of hydrogen-bond donors (Lipinski definition) is 1. The van der Waals surface area contributed by atoms with Gasteiger partial charge in [-0.05, 0) is 23.6 Å². The maximum Gasteiger partial charge on any atom is 0.313 e. The monoisotopic (exact) mass is 309 g/mol. The molecule has 4 heteroatoms. The maximum absolute atomic E-state index is 12.9. The summed E-state index contributed by atoms with van der Waals surface area (Å²) in [5, 5.41) is 9.72. The van der Waals surface area contributed by atoms with Crippen LogP contribution >= 0.6 is 0 Å². The molecule has 118 valence electrons. The smallest absolute Gasteiger partial charge is 0.313 e. The number of carboxylic acids is 1. The Bertz CT molecular complexity index is 726. The standard InChI is InChI=1S/C19H19NO3/c1-2-16-17(19(22)23)14-10-6-7-11-15(14)18(21)20(16)12-13-8-4-3-5-9-13/h3-11,16-17H,2,12H2,1H3,(H,22,23). The molecule has 0 radical (unpaired) electrons. The van der Waals surface area contributed by atoms with Crippen molar-refractivity contribution in [2.24, 2.45) is 0 Å². The zero-order valence-electron chi connectivity index (χ0n) is 13.0. The molecule has 0 aromatic heterocycles. The van der Waals surface area contributed by atoms with E-state index in [0.717, 1.165) is 5.56 Å². The highest BCUT2D eigenvalue weighted by atomic mass is 16.4. The van der Waals surface area contributed by atoms with Crippen LogP contribution in [0.3, 0.4) is 0 Å². The Morgan fingerprint density at radius 3 is 2.39 bits per heavy atom. The van der Waals surface area contributed by atoms with Gasteiger partial charge in [0.25, 0.3) is 5.91 Å². The van der Waals surface area contributed by atoms with Crippen molar-refractivity contribution in [3.8, 4) is 0 Å². The van der Waals surface area contributed by atoms with Crippen LogP contribution < -0.4 is 0 Å². The van der Waals surface area contributed by atoms with Gasteiger partial charge < -0.3 is 10.0 Å². The Kier molecular flexibility index (Phi) is 4.15. The molecule has 0 spiro atoms. The highest BCUT2D eigenvalue weighted by molar-refractivity contribution is 6.00. The van der Waals surface area contributed by atoms with Crippen LogP contribution in [0.4, 0.5) is 0 Å². The Balaban J connectivity index is 2.05. The molecule has 1 aliphatic heterocycles. The summed E-state index contributed by atoms with van der Waals surface area (Å²) in [6, 6.07) is 16.4. The van der Waals surface area contributed by atoms with E-state index in [1.807, 2.05) is 37.3 Å². The Morgan fingerprint density at radius 2 is 1.74 bits per heavy atom. The molecular formula is C19H19NO3. The first-order valence-electron chi connectivity index (χ1n) is 7.80. The zero-order valence-corrected chi connectivity index (χ0v) is 13.0. The quantitative estimate of drug-likeness (QED) is 0.943. The van der Waals surface area contributed by atoms with Crippen molar-refractivity contribution < 1.29 is 14.7 Å². The van der Waals surface area contributed by atoms with Crippen molar-refractivity contribution in [1.29, 1.82) is 0 Å². The van der Waals surface area contributed by atoms with Gasteiger partial charge in [-0.25, -0.2) is 0 Å². The number of benzene rings is 2. The minimum Gasteiger partial charge on any atom is -0.481 e. The van der Waals surface area contributed by atoms with E-state index in [9.17, 15) is 14.7 Å². The van der Waals surface area contributed by atoms with Gasteiger partial charge in [-0.3, -0.25) is 9.59 Å². The van der Waals surface area contributed by atoms with Crippen molar-refractivity contribution in [3.05, 3.63) is 71.3 Å². The number of fused-ring (bicyclic) bond motifs is 1. The minimum atomic E-state index is -0.880. The summed E-state index contributed by atoms with van der Waals surface area (Å²) in [6.07, 6.45) is 0.601. The zero-order chi connectivity index (χ0) is 16.4. The molecule has 1 heterocycles. The molecule has 0 saturated carbocycles. The van der Waals surface area contributed by atoms with Crippen LogP contribution in [0.1, 0.15) is 40.7 Å². The number of hydrogen-bond acceptors (Lipinski definition) is 2. The largest absolute Gasteiger partial charge is 0.481 e. The number of carboxylic acid groups (broad SMARTS) is 1. The van der Waals surface area contributed by atoms with E-state index in [0.29, 0.717) is 24.1 Å². The van der Waals surface area contributed by atoms with Crippen molar-refractivity contribution in [2.45, 2.75) is 31.8 Å². The third-order valence-corrected chi connectivity index (χ3v) is 4.45. The van der Waals surface area contributed by atoms with E-state index in [1.54, 1.807) is 29.2 Å². The van der Waals surface area contributed by atoms with E-state index >= 15 is 0 Å². The van der Waals surface area contributed by atoms with Gasteiger partial charge in [0.2, 0.25) is 0 Å². The Hall–Kier alpha value is -2.62. The topological polar surface area (TPSA) is 57.6 Å². The lowest BCUT2D eigenvalue weighted by molar-refractivity contribution is -0.140. The van der Waals surface area contributed by atoms with E-state index < -0.39 is 11.9 Å². The second-order valence-electron chi connectivity index (χ2n) is 5.80. The first-order valence-corrected chi connectivity index (χ1v) is 7.80. The fourth-order valence-electron chi connectivity index (χ4n) is 3.38. The number of amides is 1. The van der Waals surface area contributed by atoms with Crippen LogP contribution in [0.5, 0.6) is 0 Å². The molecule has 23 heavy (non-hydrogen) atoms. The van der Waals surface area contributed by atoms with E-state index in [-0.39, 0.29) is 11.9 Å². The van der Waals surface area contributed by atoms with Gasteiger partial charge in [-0.15, -0.1) is 0 Å². The highest BCUT2D eigenvalue weighted by Crippen LogP contribution is 2.36. The summed E-state index contributed by atoms with van der Waals surface area (Å²) in [5.74, 6) is -1.65. The van der Waals surface area contributed by atoms with Crippen molar-refractivity contribution in [1.82, 2.24) is 4.90 Å². The summed E-state index contributed by atoms with van der Waals surface area (Å²) < 4.78 is 0. The third kappa shape index (κ3) is 2.72. The van der Waals surface area contributed by atoms with Crippen molar-refractivity contribution in [3.63, 3.8) is 0 Å². The van der Waals surface area contributed by atoms with E-state index in [1.165, 1.54) is 0 Å². The van der Waals surface area contributed by atoms with E-state index in [2.05, 4.69) is 0 Å². The van der Waals surface area contributed by atoms with E-state index in [4.69, 9.17) is 0 Å². The number of nitrogens with zero attached hydrogens (tertiary/aromatic N) is 1. The lowest BCUT2D eigenvalue weighted by Gasteiger charge is -2.40. The Labute approximate surface area is 135 Å². The molecule has 4 nitrogen and oxygen atoms in total. The summed E-state index contributed by atoms with van der Waals surface area (Å²) >= 11 is 0. The lowest BCUT2D eigenvalue weighted by atomic mass is 9.81. The molecule has 3 rings (SSSR count). The van der Waals surface area contributed by atoms with Crippen LogP contribution in [-0.4, -0.2) is 27.9 Å². The van der Waals surface area contributed by atoms with Gasteiger partial charge in [0, 0.05) is 18.2 Å². The van der Waals surface area contributed by atoms with Gasteiger partial charge >= 0.3 is 5.97 Å². The van der Waals surface area contributed by atoms with Crippen LogP contribution in [0.25, 0.3) is 0 Å². The van der Waals surface area contributed by atoms with Gasteiger partial charge in [0.15, 0.2) is 0 Å². The summed E-state index contributed by atoms with van der Waals surface area (Å²) in [5.41, 5.74) is 2.13. The Morgan fingerprint density at radius 1 is 1.09 bits per heavy atom. The van der Waals surface area contributed by atoms with Gasteiger partial charge in [0.1, 0.15) is 5.92 Å². The van der Waals surface area contributed by atoms with Crippen molar-refractivity contribution in [2.75, 3.05) is 0 Å². The molecule has 2 aromatic rings. The summed E-state index contributed by atoms with van der Waals surface area (Å²) in [6.45, 7) is 2.36. The van der Waals surface area contributed by atoms with Crippen molar-refractivity contribution >= 4 is 11.9 Å². The third-order valence-electron chi connectivity index (χ3n) is 4.45. The molecule has 0 aliphatic carbocycles. The molecule has 1 amide bonds. The highest BCUT2D eigenvalue weighted by Gasteiger charge is 2.42. The molecule has 0 saturated heterocycles. The summed E-state index contributed by atoms with van der Waals surface area (Å²) in [7, 11) is 0. The SMILES string of the molecule is CCC1C(C(=O)O)c2ccccc2C(=O)N1Cc1ccccc1. The minimum absolute atomic E-state index is 0.0891. The molecule has 0 fully saturated rings. The van der Waals surface area contributed by atoms with Crippen LogP contribution in [-0.2, 0) is 11.3 Å². The lowest BCUT2D eigenvalue weighted by Crippen LogP contribution is -2.49. The number of rotatable bonds is 4. The van der Waals surface area contributed by atoms with Gasteiger partial charge in [-0.2, -0.15) is 0 Å².